The molecule has 4 heterocycles. The zero-order valence-electron chi connectivity index (χ0n) is 20.7. The number of carbonyl (C=O) groups excluding carboxylic acids is 1. The van der Waals surface area contributed by atoms with E-state index in [4.69, 9.17) is 16.7 Å². The first-order valence-corrected chi connectivity index (χ1v) is 12.6. The molecule has 196 valence electrons. The SMILES string of the molecule is C=CC(=O)N1CC2(CC(n3nc(-c4ccncc4C(F)(F)F)c(-c4c(Cl)c(C)cc5[nH]ncc45)c3C)C2)C1. The summed E-state index contributed by atoms with van der Waals surface area (Å²) in [5.41, 5.74) is 2.65. The Kier molecular flexibility index (Phi) is 5.47. The molecule has 0 radical (unpaired) electrons. The molecule has 2 fully saturated rings. The lowest BCUT2D eigenvalue weighted by Gasteiger charge is -2.58. The van der Waals surface area contributed by atoms with Crippen LogP contribution in [0, 0.1) is 19.3 Å². The number of halogens is 4. The highest BCUT2D eigenvalue weighted by atomic mass is 35.5. The lowest BCUT2D eigenvalue weighted by Crippen LogP contribution is -2.63. The van der Waals surface area contributed by atoms with Crippen LogP contribution in [0.25, 0.3) is 33.3 Å². The van der Waals surface area contributed by atoms with E-state index in [0.717, 1.165) is 35.8 Å². The van der Waals surface area contributed by atoms with Crippen LogP contribution in [0.5, 0.6) is 0 Å². The normalized spacial score (nSPS) is 17.1. The maximum Gasteiger partial charge on any atom is 0.418 e. The van der Waals surface area contributed by atoms with Gasteiger partial charge in [0.2, 0.25) is 5.91 Å². The van der Waals surface area contributed by atoms with Gasteiger partial charge in [0.15, 0.2) is 0 Å². The number of nitrogens with one attached hydrogen (secondary N) is 1. The van der Waals surface area contributed by atoms with Gasteiger partial charge in [-0.2, -0.15) is 23.4 Å². The Morgan fingerprint density at radius 2 is 1.97 bits per heavy atom. The summed E-state index contributed by atoms with van der Waals surface area (Å²) in [4.78, 5) is 17.4. The molecule has 3 aromatic heterocycles. The van der Waals surface area contributed by atoms with E-state index in [1.165, 1.54) is 18.3 Å². The van der Waals surface area contributed by atoms with Gasteiger partial charge in [-0.3, -0.25) is 19.6 Å². The third kappa shape index (κ3) is 3.65. The summed E-state index contributed by atoms with van der Waals surface area (Å²) in [5.74, 6) is -0.0884. The first-order valence-electron chi connectivity index (χ1n) is 12.2. The Morgan fingerprint density at radius 1 is 1.24 bits per heavy atom. The molecule has 1 saturated heterocycles. The molecule has 0 bridgehead atoms. The highest BCUT2D eigenvalue weighted by Crippen LogP contribution is 2.55. The van der Waals surface area contributed by atoms with E-state index in [-0.39, 0.29) is 28.6 Å². The average molecular weight is 541 g/mol. The fraction of sp³-hybridized carbons (Fsp3) is 0.333. The molecule has 1 saturated carbocycles. The number of nitrogens with zero attached hydrogens (tertiary/aromatic N) is 5. The Balaban J connectivity index is 1.51. The molecular formula is C27H24ClF3N6O. The number of fused-ring (bicyclic) bond motifs is 1. The predicted octanol–water partition coefficient (Wildman–Crippen LogP) is 6.13. The lowest BCUT2D eigenvalue weighted by molar-refractivity contribution is -0.149. The fourth-order valence-corrected chi connectivity index (χ4v) is 6.30. The van der Waals surface area contributed by atoms with Crippen molar-refractivity contribution in [3.63, 3.8) is 0 Å². The summed E-state index contributed by atoms with van der Waals surface area (Å²) in [6.45, 7) is 8.56. The summed E-state index contributed by atoms with van der Waals surface area (Å²) in [6.07, 6.45) is 2.05. The number of H-pyrrole nitrogens is 1. The molecule has 38 heavy (non-hydrogen) atoms. The zero-order chi connectivity index (χ0) is 27.0. The third-order valence-corrected chi connectivity index (χ3v) is 8.36. The molecule has 11 heteroatoms. The number of alkyl halides is 3. The second-order valence-electron chi connectivity index (χ2n) is 10.3. The van der Waals surface area contributed by atoms with Gasteiger partial charge in [-0.25, -0.2) is 0 Å². The van der Waals surface area contributed by atoms with E-state index in [9.17, 15) is 18.0 Å². The van der Waals surface area contributed by atoms with Crippen molar-refractivity contribution in [2.45, 2.75) is 38.9 Å². The van der Waals surface area contributed by atoms with Crippen molar-refractivity contribution in [2.75, 3.05) is 13.1 Å². The molecule has 1 spiro atoms. The third-order valence-electron chi connectivity index (χ3n) is 7.87. The van der Waals surface area contributed by atoms with Crippen molar-refractivity contribution in [3.8, 4) is 22.4 Å². The molecule has 1 aliphatic carbocycles. The summed E-state index contributed by atoms with van der Waals surface area (Å²) in [7, 11) is 0. The maximum absolute atomic E-state index is 14.1. The first-order chi connectivity index (χ1) is 18.0. The standard InChI is InChI=1S/C27H24ClF3N6O/c1-4-21(38)36-12-26(13-36)8-16(9-26)37-15(3)22(23-18-10-33-34-20(18)7-14(2)24(23)28)25(35-37)17-5-6-32-11-19(17)27(29,30)31/h4-7,10-11,16H,1,8-9,12-13H2,2-3H3,(H,33,34). The Labute approximate surface area is 221 Å². The molecular weight excluding hydrogens is 517 g/mol. The highest BCUT2D eigenvalue weighted by molar-refractivity contribution is 6.36. The van der Waals surface area contributed by atoms with E-state index in [1.807, 2.05) is 24.6 Å². The molecule has 1 aromatic carbocycles. The van der Waals surface area contributed by atoms with Crippen LogP contribution in [-0.4, -0.2) is 48.9 Å². The number of likely N-dealkylation sites (tertiary alicyclic amines) is 1. The van der Waals surface area contributed by atoms with E-state index < -0.39 is 11.7 Å². The Hall–Kier alpha value is -3.66. The van der Waals surface area contributed by atoms with Gasteiger partial charge in [-0.15, -0.1) is 0 Å². The molecule has 1 amide bonds. The van der Waals surface area contributed by atoms with E-state index in [2.05, 4.69) is 21.8 Å². The minimum atomic E-state index is -4.62. The number of pyridine rings is 1. The number of aromatic amines is 1. The summed E-state index contributed by atoms with van der Waals surface area (Å²) in [5, 5.41) is 13.0. The molecule has 0 unspecified atom stereocenters. The Morgan fingerprint density at radius 3 is 2.66 bits per heavy atom. The van der Waals surface area contributed by atoms with Crippen LogP contribution in [0.15, 0.2) is 43.4 Å². The number of benzene rings is 1. The minimum absolute atomic E-state index is 0.00859. The van der Waals surface area contributed by atoms with Crippen molar-refractivity contribution >= 4 is 28.4 Å². The van der Waals surface area contributed by atoms with Crippen LogP contribution in [-0.2, 0) is 11.0 Å². The summed E-state index contributed by atoms with van der Waals surface area (Å²) < 4.78 is 44.1. The van der Waals surface area contributed by atoms with Crippen LogP contribution in [0.1, 0.15) is 35.7 Å². The molecule has 6 rings (SSSR count). The molecule has 1 N–H and O–H groups in total. The number of hydrogen-bond acceptors (Lipinski definition) is 4. The molecule has 1 aliphatic heterocycles. The zero-order valence-corrected chi connectivity index (χ0v) is 21.5. The largest absolute Gasteiger partial charge is 0.418 e. The summed E-state index contributed by atoms with van der Waals surface area (Å²) >= 11 is 6.84. The fourth-order valence-electron chi connectivity index (χ4n) is 6.05. The number of hydrogen-bond donors (Lipinski definition) is 1. The van der Waals surface area contributed by atoms with E-state index >= 15 is 0 Å². The van der Waals surface area contributed by atoms with Crippen LogP contribution < -0.4 is 0 Å². The number of amides is 1. The van der Waals surface area contributed by atoms with Crippen LogP contribution in [0.3, 0.4) is 0 Å². The lowest BCUT2D eigenvalue weighted by atomic mass is 9.60. The second-order valence-corrected chi connectivity index (χ2v) is 10.7. The Bertz CT molecular complexity index is 1610. The number of rotatable bonds is 4. The highest BCUT2D eigenvalue weighted by Gasteiger charge is 2.54. The van der Waals surface area contributed by atoms with Gasteiger partial charge >= 0.3 is 6.18 Å². The van der Waals surface area contributed by atoms with Crippen molar-refractivity contribution in [1.82, 2.24) is 29.9 Å². The first kappa shape index (κ1) is 24.7. The predicted molar refractivity (Wildman–Crippen MR) is 138 cm³/mol. The van der Waals surface area contributed by atoms with Crippen LogP contribution in [0.4, 0.5) is 13.2 Å². The van der Waals surface area contributed by atoms with Crippen molar-refractivity contribution in [2.24, 2.45) is 5.41 Å². The monoisotopic (exact) mass is 540 g/mol. The van der Waals surface area contributed by atoms with Gasteiger partial charge in [0, 0.05) is 58.7 Å². The number of aryl methyl sites for hydroxylation is 1. The van der Waals surface area contributed by atoms with E-state index in [0.29, 0.717) is 34.6 Å². The van der Waals surface area contributed by atoms with Gasteiger partial charge in [0.1, 0.15) is 5.69 Å². The molecule has 4 aromatic rings. The van der Waals surface area contributed by atoms with Gasteiger partial charge in [-0.05, 0) is 50.5 Å². The average Bonchev–Trinajstić information content (AvgIpc) is 3.42. The van der Waals surface area contributed by atoms with Crippen LogP contribution >= 0.6 is 11.6 Å². The topological polar surface area (TPSA) is 79.7 Å². The van der Waals surface area contributed by atoms with Gasteiger partial charge in [-0.1, -0.05) is 18.2 Å². The molecule has 2 aliphatic rings. The molecule has 0 atom stereocenters. The van der Waals surface area contributed by atoms with Crippen molar-refractivity contribution < 1.29 is 18.0 Å². The maximum atomic E-state index is 14.1. The second kappa shape index (κ2) is 8.42. The smallest absolute Gasteiger partial charge is 0.338 e. The van der Waals surface area contributed by atoms with E-state index in [1.54, 1.807) is 11.1 Å². The van der Waals surface area contributed by atoms with Gasteiger partial charge in [0.05, 0.1) is 28.3 Å². The van der Waals surface area contributed by atoms with Gasteiger partial charge < -0.3 is 4.90 Å². The molecule has 7 nitrogen and oxygen atoms in total. The summed E-state index contributed by atoms with van der Waals surface area (Å²) in [6, 6.07) is 3.20. The quantitative estimate of drug-likeness (QED) is 0.316. The minimum Gasteiger partial charge on any atom is -0.338 e. The van der Waals surface area contributed by atoms with Gasteiger partial charge in [0.25, 0.3) is 0 Å². The number of aromatic nitrogens is 5. The van der Waals surface area contributed by atoms with Crippen molar-refractivity contribution in [1.29, 1.82) is 0 Å². The number of carbonyl (C=O) groups is 1. The van der Waals surface area contributed by atoms with Crippen LogP contribution in [0.2, 0.25) is 5.02 Å². The van der Waals surface area contributed by atoms with Crippen molar-refractivity contribution in [3.05, 3.63) is 65.2 Å².